The predicted molar refractivity (Wildman–Crippen MR) is 70.0 cm³/mol. The van der Waals surface area contributed by atoms with Crippen molar-refractivity contribution in [2.24, 2.45) is 0 Å². The molecule has 5 N–H and O–H groups in total. The van der Waals surface area contributed by atoms with Crippen LogP contribution in [0, 0.1) is 6.92 Å². The number of phosphoric acid groups is 1. The van der Waals surface area contributed by atoms with Crippen LogP contribution < -0.4 is 11.2 Å². The number of nitrogens with one attached hydrogen (secondary N) is 1. The Labute approximate surface area is 123 Å². The summed E-state index contributed by atoms with van der Waals surface area (Å²) in [7, 11) is -4.95. The number of nitrogens with zero attached hydrogens (tertiary/aromatic N) is 1. The van der Waals surface area contributed by atoms with E-state index in [0.29, 0.717) is 0 Å². The number of hydrogen-bond donors (Lipinski definition) is 5. The smallest absolute Gasteiger partial charge is 0.394 e. The zero-order valence-corrected chi connectivity index (χ0v) is 12.2. The molecule has 0 aliphatic carbocycles. The van der Waals surface area contributed by atoms with Crippen LogP contribution in [-0.2, 0) is 13.8 Å². The summed E-state index contributed by atoms with van der Waals surface area (Å²) in [5, 5.41) is 19.3. The van der Waals surface area contributed by atoms with Crippen molar-refractivity contribution in [2.45, 2.75) is 31.5 Å². The molecule has 2 heterocycles. The van der Waals surface area contributed by atoms with Crippen LogP contribution in [-0.4, -0.2) is 54.5 Å². The average Bonchev–Trinajstić information content (AvgIpc) is 2.69. The van der Waals surface area contributed by atoms with Crippen molar-refractivity contribution in [2.75, 3.05) is 6.61 Å². The lowest BCUT2D eigenvalue weighted by molar-refractivity contribution is -0.0549. The van der Waals surface area contributed by atoms with E-state index in [1.54, 1.807) is 0 Å². The van der Waals surface area contributed by atoms with E-state index in [2.05, 4.69) is 4.52 Å². The third kappa shape index (κ3) is 3.36. The molecule has 0 spiro atoms. The predicted octanol–water partition coefficient (Wildman–Crippen LogP) is -2.43. The van der Waals surface area contributed by atoms with Gasteiger partial charge in [-0.05, 0) is 6.92 Å². The Kier molecular flexibility index (Phi) is 4.68. The highest BCUT2D eigenvalue weighted by molar-refractivity contribution is 7.46. The molecule has 11 nitrogen and oxygen atoms in total. The number of phosphoric ester groups is 1. The molecule has 1 saturated heterocycles. The lowest BCUT2D eigenvalue weighted by atomic mass is 10.1. The molecule has 0 bridgehead atoms. The van der Waals surface area contributed by atoms with Crippen molar-refractivity contribution in [1.29, 1.82) is 0 Å². The Morgan fingerprint density at radius 2 is 2.09 bits per heavy atom. The number of ether oxygens (including phenoxy) is 1. The van der Waals surface area contributed by atoms with Gasteiger partial charge in [-0.25, -0.2) is 9.36 Å². The minimum atomic E-state index is -4.95. The maximum atomic E-state index is 11.8. The fourth-order valence-electron chi connectivity index (χ4n) is 2.16. The normalized spacial score (nSPS) is 29.0. The molecule has 2 rings (SSSR count). The van der Waals surface area contributed by atoms with E-state index in [0.717, 1.165) is 10.8 Å². The SMILES string of the molecule is Cc1cn([C@@H]2O[C@H](CO)[C@@H](OP(=O)(O)O)[C@H]2O)c(=O)[nH]c1=O. The molecule has 1 fully saturated rings. The first-order valence-electron chi connectivity index (χ1n) is 6.14. The molecule has 1 aromatic rings. The van der Waals surface area contributed by atoms with Crippen molar-refractivity contribution in [3.8, 4) is 0 Å². The van der Waals surface area contributed by atoms with Gasteiger partial charge in [0.2, 0.25) is 0 Å². The molecule has 1 aliphatic rings. The molecule has 0 aromatic carbocycles. The third-order valence-corrected chi connectivity index (χ3v) is 3.69. The molecule has 0 unspecified atom stereocenters. The highest BCUT2D eigenvalue weighted by Gasteiger charge is 2.48. The molecule has 12 heteroatoms. The molecular weight excluding hydrogens is 323 g/mol. The molecule has 124 valence electrons. The van der Waals surface area contributed by atoms with Gasteiger partial charge in [0.15, 0.2) is 6.23 Å². The first kappa shape index (κ1) is 17.0. The summed E-state index contributed by atoms with van der Waals surface area (Å²) in [6, 6.07) is 0. The number of hydrogen-bond acceptors (Lipinski definition) is 7. The maximum absolute atomic E-state index is 11.8. The average molecular weight is 338 g/mol. The zero-order chi connectivity index (χ0) is 16.7. The van der Waals surface area contributed by atoms with E-state index in [1.807, 2.05) is 4.98 Å². The van der Waals surface area contributed by atoms with Gasteiger partial charge >= 0.3 is 13.5 Å². The second-order valence-corrected chi connectivity index (χ2v) is 5.97. The van der Waals surface area contributed by atoms with Gasteiger partial charge in [-0.15, -0.1) is 0 Å². The van der Waals surface area contributed by atoms with Gasteiger partial charge < -0.3 is 24.7 Å². The second-order valence-electron chi connectivity index (χ2n) is 4.78. The number of rotatable bonds is 4. The van der Waals surface area contributed by atoms with E-state index in [1.165, 1.54) is 6.92 Å². The standard InChI is InChI=1S/C10H15N2O9P/c1-4-2-12(10(16)11-8(4)15)9-6(14)7(5(3-13)20-9)21-22(17,18)19/h2,5-7,9,13-14H,3H2,1H3,(H,11,15,16)(H2,17,18,19)/t5-,6-,7-,9-/m1/s1. The maximum Gasteiger partial charge on any atom is 0.470 e. The Hall–Kier alpha value is -1.33. The minimum absolute atomic E-state index is 0.162. The molecular formula is C10H15N2O9P. The van der Waals surface area contributed by atoms with E-state index >= 15 is 0 Å². The summed E-state index contributed by atoms with van der Waals surface area (Å²) in [5.41, 5.74) is -1.33. The highest BCUT2D eigenvalue weighted by atomic mass is 31.2. The zero-order valence-electron chi connectivity index (χ0n) is 11.3. The quantitative estimate of drug-likeness (QED) is 0.374. The van der Waals surface area contributed by atoms with Gasteiger partial charge in [0.25, 0.3) is 5.56 Å². The van der Waals surface area contributed by atoms with E-state index in [-0.39, 0.29) is 5.56 Å². The lowest BCUT2D eigenvalue weighted by Gasteiger charge is -2.20. The molecule has 1 aliphatic heterocycles. The van der Waals surface area contributed by atoms with Gasteiger partial charge in [-0.1, -0.05) is 0 Å². The summed E-state index contributed by atoms with van der Waals surface area (Å²) in [6.45, 7) is 0.721. The van der Waals surface area contributed by atoms with Crippen LogP contribution in [0.15, 0.2) is 15.8 Å². The highest BCUT2D eigenvalue weighted by Crippen LogP contribution is 2.43. The Morgan fingerprint density at radius 1 is 1.45 bits per heavy atom. The Bertz CT molecular complexity index is 707. The monoisotopic (exact) mass is 338 g/mol. The summed E-state index contributed by atoms with van der Waals surface area (Å²) in [4.78, 5) is 42.7. The van der Waals surface area contributed by atoms with Crippen molar-refractivity contribution in [1.82, 2.24) is 9.55 Å². The number of aliphatic hydroxyl groups excluding tert-OH is 2. The fraction of sp³-hybridized carbons (Fsp3) is 0.600. The van der Waals surface area contributed by atoms with Crippen LogP contribution in [0.25, 0.3) is 0 Å². The van der Waals surface area contributed by atoms with Gasteiger partial charge in [0, 0.05) is 11.8 Å². The van der Waals surface area contributed by atoms with Crippen molar-refractivity contribution in [3.05, 3.63) is 32.6 Å². The van der Waals surface area contributed by atoms with Crippen LogP contribution in [0.4, 0.5) is 0 Å². The first-order valence-corrected chi connectivity index (χ1v) is 7.67. The molecule has 0 radical (unpaired) electrons. The van der Waals surface area contributed by atoms with Crippen LogP contribution >= 0.6 is 7.82 Å². The van der Waals surface area contributed by atoms with Gasteiger partial charge in [0.05, 0.1) is 6.61 Å². The topological polar surface area (TPSA) is 171 Å². The number of aromatic amines is 1. The molecule has 4 atom stereocenters. The summed E-state index contributed by atoms with van der Waals surface area (Å²) < 4.78 is 21.4. The van der Waals surface area contributed by atoms with Crippen LogP contribution in [0.5, 0.6) is 0 Å². The number of aryl methyl sites for hydroxylation is 1. The van der Waals surface area contributed by atoms with Crippen molar-refractivity contribution < 1.29 is 33.8 Å². The number of H-pyrrole nitrogens is 1. The third-order valence-electron chi connectivity index (χ3n) is 3.17. The summed E-state index contributed by atoms with van der Waals surface area (Å²) in [6.07, 6.45) is -4.70. The number of aromatic nitrogens is 2. The fourth-order valence-corrected chi connectivity index (χ4v) is 2.74. The summed E-state index contributed by atoms with van der Waals surface area (Å²) >= 11 is 0. The lowest BCUT2D eigenvalue weighted by Crippen LogP contribution is -2.39. The first-order chi connectivity index (χ1) is 10.1. The van der Waals surface area contributed by atoms with E-state index in [9.17, 15) is 19.3 Å². The van der Waals surface area contributed by atoms with E-state index < -0.39 is 50.2 Å². The Balaban J connectivity index is 2.38. The van der Waals surface area contributed by atoms with E-state index in [4.69, 9.17) is 19.6 Å². The van der Waals surface area contributed by atoms with Crippen LogP contribution in [0.2, 0.25) is 0 Å². The molecule has 22 heavy (non-hydrogen) atoms. The second kappa shape index (κ2) is 6.05. The largest absolute Gasteiger partial charge is 0.470 e. The van der Waals surface area contributed by atoms with Crippen LogP contribution in [0.3, 0.4) is 0 Å². The van der Waals surface area contributed by atoms with Gasteiger partial charge in [-0.2, -0.15) is 0 Å². The minimum Gasteiger partial charge on any atom is -0.394 e. The Morgan fingerprint density at radius 3 is 2.64 bits per heavy atom. The van der Waals surface area contributed by atoms with Crippen molar-refractivity contribution >= 4 is 7.82 Å². The van der Waals surface area contributed by atoms with Gasteiger partial charge in [0.1, 0.15) is 18.3 Å². The summed E-state index contributed by atoms with van der Waals surface area (Å²) in [5.74, 6) is 0. The van der Waals surface area contributed by atoms with Crippen LogP contribution in [0.1, 0.15) is 11.8 Å². The number of aliphatic hydroxyl groups is 2. The molecule has 0 saturated carbocycles. The molecule has 1 aromatic heterocycles. The molecule has 0 amide bonds. The van der Waals surface area contributed by atoms with Crippen molar-refractivity contribution in [3.63, 3.8) is 0 Å². The van der Waals surface area contributed by atoms with Gasteiger partial charge in [-0.3, -0.25) is 18.9 Å².